The molecule has 2 heterocycles. The van der Waals surface area contributed by atoms with E-state index in [2.05, 4.69) is 46.5 Å². The van der Waals surface area contributed by atoms with E-state index in [1.807, 2.05) is 18.3 Å². The minimum atomic E-state index is 0.834. The second-order valence-electron chi connectivity index (χ2n) is 6.00. The van der Waals surface area contributed by atoms with Gasteiger partial charge in [0.25, 0.3) is 0 Å². The van der Waals surface area contributed by atoms with E-state index < -0.39 is 0 Å². The minimum absolute atomic E-state index is 0.834. The molecule has 22 heavy (non-hydrogen) atoms. The van der Waals surface area contributed by atoms with E-state index in [0.29, 0.717) is 0 Å². The number of nitrogens with zero attached hydrogens (tertiary/aromatic N) is 2. The first-order chi connectivity index (χ1) is 10.7. The smallest absolute Gasteiger partial charge is 0.143 e. The summed E-state index contributed by atoms with van der Waals surface area (Å²) < 4.78 is 0. The summed E-state index contributed by atoms with van der Waals surface area (Å²) >= 11 is 1.85. The van der Waals surface area contributed by atoms with Crippen molar-refractivity contribution in [3.8, 4) is 0 Å². The van der Waals surface area contributed by atoms with Gasteiger partial charge in [-0.3, -0.25) is 0 Å². The van der Waals surface area contributed by atoms with Crippen LogP contribution in [0, 0.1) is 13.8 Å². The van der Waals surface area contributed by atoms with Crippen LogP contribution in [0.3, 0.4) is 0 Å². The summed E-state index contributed by atoms with van der Waals surface area (Å²) in [6.07, 6.45) is 4.92. The molecule has 0 saturated carbocycles. The Labute approximate surface area is 134 Å². The lowest BCUT2D eigenvalue weighted by atomic mass is 9.97. The van der Waals surface area contributed by atoms with Crippen LogP contribution in [0.4, 0.5) is 11.5 Å². The molecule has 1 aliphatic rings. The maximum Gasteiger partial charge on any atom is 0.143 e. The molecule has 1 N–H and O–H groups in total. The van der Waals surface area contributed by atoms with Gasteiger partial charge in [-0.15, -0.1) is 11.3 Å². The molecule has 0 unspecified atom stereocenters. The quantitative estimate of drug-likeness (QED) is 0.729. The highest BCUT2D eigenvalue weighted by Gasteiger charge is 2.20. The number of rotatable bonds is 2. The summed E-state index contributed by atoms with van der Waals surface area (Å²) in [5, 5.41) is 4.75. The molecular formula is C18H19N3S. The Morgan fingerprint density at radius 2 is 1.77 bits per heavy atom. The van der Waals surface area contributed by atoms with Crippen LogP contribution in [-0.2, 0) is 12.8 Å². The summed E-state index contributed by atoms with van der Waals surface area (Å²) in [6.45, 7) is 4.07. The van der Waals surface area contributed by atoms with Crippen molar-refractivity contribution in [2.75, 3.05) is 5.32 Å². The van der Waals surface area contributed by atoms with Gasteiger partial charge < -0.3 is 5.32 Å². The SMILES string of the molecule is Cc1ccc(Nc2nc(C)nc3sc4c(c23)CCCC4)cc1. The lowest BCUT2D eigenvalue weighted by Gasteiger charge is -2.13. The number of hydrogen-bond acceptors (Lipinski definition) is 4. The Balaban J connectivity index is 1.85. The highest BCUT2D eigenvalue weighted by Crippen LogP contribution is 2.39. The first-order valence-electron chi connectivity index (χ1n) is 7.83. The van der Waals surface area contributed by atoms with Gasteiger partial charge in [-0.05, 0) is 57.2 Å². The summed E-state index contributed by atoms with van der Waals surface area (Å²) in [5.41, 5.74) is 3.82. The second kappa shape index (κ2) is 5.36. The summed E-state index contributed by atoms with van der Waals surface area (Å²) in [5.74, 6) is 1.80. The van der Waals surface area contributed by atoms with Crippen molar-refractivity contribution in [3.63, 3.8) is 0 Å². The van der Waals surface area contributed by atoms with Crippen molar-refractivity contribution >= 4 is 33.1 Å². The standard InChI is InChI=1S/C18H19N3S/c1-11-7-9-13(10-8-11)21-17-16-14-5-3-4-6-15(14)22-18(16)20-12(2)19-17/h7-10H,3-6H2,1-2H3,(H,19,20,21). The molecule has 1 aliphatic carbocycles. The highest BCUT2D eigenvalue weighted by atomic mass is 32.1. The third-order valence-electron chi connectivity index (χ3n) is 4.24. The topological polar surface area (TPSA) is 37.8 Å². The Hall–Kier alpha value is -1.94. The number of anilines is 2. The van der Waals surface area contributed by atoms with Crippen LogP contribution in [0.5, 0.6) is 0 Å². The van der Waals surface area contributed by atoms with E-state index in [-0.39, 0.29) is 0 Å². The average molecular weight is 309 g/mol. The van der Waals surface area contributed by atoms with Crippen molar-refractivity contribution in [1.29, 1.82) is 0 Å². The number of nitrogens with one attached hydrogen (secondary N) is 1. The molecule has 0 radical (unpaired) electrons. The third-order valence-corrected chi connectivity index (χ3v) is 5.43. The number of hydrogen-bond donors (Lipinski definition) is 1. The fourth-order valence-electron chi connectivity index (χ4n) is 3.13. The maximum absolute atomic E-state index is 4.68. The van der Waals surface area contributed by atoms with Gasteiger partial charge in [0.15, 0.2) is 0 Å². The number of aromatic nitrogens is 2. The van der Waals surface area contributed by atoms with Gasteiger partial charge in [0, 0.05) is 10.6 Å². The van der Waals surface area contributed by atoms with Crippen LogP contribution in [-0.4, -0.2) is 9.97 Å². The molecule has 112 valence electrons. The number of thiophene rings is 1. The predicted octanol–water partition coefficient (Wildman–Crippen LogP) is 4.93. The van der Waals surface area contributed by atoms with Gasteiger partial charge in [-0.2, -0.15) is 0 Å². The van der Waals surface area contributed by atoms with Crippen molar-refractivity contribution in [2.45, 2.75) is 39.5 Å². The van der Waals surface area contributed by atoms with Gasteiger partial charge in [0.2, 0.25) is 0 Å². The van der Waals surface area contributed by atoms with E-state index >= 15 is 0 Å². The van der Waals surface area contributed by atoms with Crippen LogP contribution in [0.1, 0.15) is 34.7 Å². The molecular weight excluding hydrogens is 290 g/mol. The molecule has 1 aromatic carbocycles. The normalized spacial score (nSPS) is 14.1. The monoisotopic (exact) mass is 309 g/mol. The van der Waals surface area contributed by atoms with Crippen molar-refractivity contribution in [1.82, 2.24) is 9.97 Å². The zero-order chi connectivity index (χ0) is 15.1. The van der Waals surface area contributed by atoms with Crippen LogP contribution >= 0.6 is 11.3 Å². The largest absolute Gasteiger partial charge is 0.340 e. The molecule has 2 aromatic heterocycles. The summed E-state index contributed by atoms with van der Waals surface area (Å²) in [4.78, 5) is 12.0. The van der Waals surface area contributed by atoms with Gasteiger partial charge in [-0.25, -0.2) is 9.97 Å². The molecule has 0 fully saturated rings. The van der Waals surface area contributed by atoms with Gasteiger partial charge in [0.1, 0.15) is 16.5 Å². The van der Waals surface area contributed by atoms with Crippen molar-refractivity contribution in [3.05, 3.63) is 46.1 Å². The first kappa shape index (κ1) is 13.7. The molecule has 0 saturated heterocycles. The number of benzene rings is 1. The average Bonchev–Trinajstić information content (AvgIpc) is 2.87. The highest BCUT2D eigenvalue weighted by molar-refractivity contribution is 7.19. The first-order valence-corrected chi connectivity index (χ1v) is 8.65. The Bertz CT molecular complexity index is 834. The molecule has 0 bridgehead atoms. The molecule has 4 rings (SSSR count). The molecule has 0 amide bonds. The number of fused-ring (bicyclic) bond motifs is 3. The Kier molecular flexibility index (Phi) is 3.34. The molecule has 0 aliphatic heterocycles. The Morgan fingerprint density at radius 1 is 1.00 bits per heavy atom. The lowest BCUT2D eigenvalue weighted by molar-refractivity contribution is 0.700. The zero-order valence-corrected chi connectivity index (χ0v) is 13.8. The van der Waals surface area contributed by atoms with Crippen molar-refractivity contribution in [2.24, 2.45) is 0 Å². The summed E-state index contributed by atoms with van der Waals surface area (Å²) in [6, 6.07) is 8.46. The van der Waals surface area contributed by atoms with E-state index in [1.165, 1.54) is 40.7 Å². The molecule has 3 nitrogen and oxygen atoms in total. The predicted molar refractivity (Wildman–Crippen MR) is 93.3 cm³/mol. The molecule has 3 aromatic rings. The fourth-order valence-corrected chi connectivity index (χ4v) is 4.43. The van der Waals surface area contributed by atoms with Crippen LogP contribution in [0.15, 0.2) is 24.3 Å². The van der Waals surface area contributed by atoms with Crippen molar-refractivity contribution < 1.29 is 0 Å². The van der Waals surface area contributed by atoms with Gasteiger partial charge in [0.05, 0.1) is 5.39 Å². The third kappa shape index (κ3) is 2.37. The summed E-state index contributed by atoms with van der Waals surface area (Å²) in [7, 11) is 0. The zero-order valence-electron chi connectivity index (χ0n) is 12.9. The van der Waals surface area contributed by atoms with Crippen LogP contribution < -0.4 is 5.32 Å². The van der Waals surface area contributed by atoms with Crippen LogP contribution in [0.25, 0.3) is 10.2 Å². The maximum atomic E-state index is 4.68. The second-order valence-corrected chi connectivity index (χ2v) is 7.09. The van der Waals surface area contributed by atoms with E-state index in [9.17, 15) is 0 Å². The van der Waals surface area contributed by atoms with E-state index in [4.69, 9.17) is 0 Å². The van der Waals surface area contributed by atoms with E-state index in [1.54, 1.807) is 0 Å². The van der Waals surface area contributed by atoms with Crippen LogP contribution in [0.2, 0.25) is 0 Å². The lowest BCUT2D eigenvalue weighted by Crippen LogP contribution is -2.02. The Morgan fingerprint density at radius 3 is 2.59 bits per heavy atom. The molecule has 0 atom stereocenters. The molecule has 0 spiro atoms. The van der Waals surface area contributed by atoms with Gasteiger partial charge in [-0.1, -0.05) is 17.7 Å². The van der Waals surface area contributed by atoms with E-state index in [0.717, 1.165) is 28.6 Å². The molecule has 4 heteroatoms. The fraction of sp³-hybridized carbons (Fsp3) is 0.333. The van der Waals surface area contributed by atoms with Gasteiger partial charge >= 0.3 is 0 Å². The number of aryl methyl sites for hydroxylation is 4. The minimum Gasteiger partial charge on any atom is -0.340 e.